The van der Waals surface area contributed by atoms with E-state index in [4.69, 9.17) is 17.0 Å². The highest BCUT2D eigenvalue weighted by molar-refractivity contribution is 7.80. The van der Waals surface area contributed by atoms with Gasteiger partial charge >= 0.3 is 5.97 Å². The number of anilines is 1. The van der Waals surface area contributed by atoms with Crippen molar-refractivity contribution in [3.63, 3.8) is 0 Å². The van der Waals surface area contributed by atoms with Gasteiger partial charge < -0.3 is 20.7 Å². The molecule has 8 heteroatoms. The van der Waals surface area contributed by atoms with Crippen LogP contribution in [0.5, 0.6) is 0 Å². The smallest absolute Gasteiger partial charge is 0.306 e. The first-order chi connectivity index (χ1) is 15.9. The SMILES string of the molecule is CCC(C)NC(=O)c1ccccc1NC(=S)NC(=O)CCC(=O)OCCCc1ccccc1. The van der Waals surface area contributed by atoms with Crippen molar-refractivity contribution in [1.29, 1.82) is 0 Å². The number of thiocarbonyl (C=S) groups is 1. The minimum Gasteiger partial charge on any atom is -0.466 e. The molecule has 2 amide bonds. The summed E-state index contributed by atoms with van der Waals surface area (Å²) in [4.78, 5) is 36.5. The molecule has 0 fully saturated rings. The Morgan fingerprint density at radius 2 is 1.70 bits per heavy atom. The van der Waals surface area contributed by atoms with Crippen LogP contribution in [0.1, 0.15) is 55.5 Å². The zero-order chi connectivity index (χ0) is 24.1. The van der Waals surface area contributed by atoms with Gasteiger partial charge in [0, 0.05) is 12.5 Å². The molecule has 0 bridgehead atoms. The summed E-state index contributed by atoms with van der Waals surface area (Å²) >= 11 is 5.19. The van der Waals surface area contributed by atoms with Crippen LogP contribution >= 0.6 is 12.2 Å². The van der Waals surface area contributed by atoms with E-state index in [1.807, 2.05) is 44.2 Å². The molecule has 0 saturated heterocycles. The third-order valence-corrected chi connectivity index (χ3v) is 5.14. The lowest BCUT2D eigenvalue weighted by Gasteiger charge is -2.15. The molecule has 0 heterocycles. The van der Waals surface area contributed by atoms with E-state index >= 15 is 0 Å². The van der Waals surface area contributed by atoms with Gasteiger partial charge in [-0.05, 0) is 56.1 Å². The van der Waals surface area contributed by atoms with E-state index < -0.39 is 11.9 Å². The van der Waals surface area contributed by atoms with Crippen molar-refractivity contribution >= 4 is 40.8 Å². The third kappa shape index (κ3) is 9.82. The lowest BCUT2D eigenvalue weighted by molar-refractivity contribution is -0.145. The average Bonchev–Trinajstić information content (AvgIpc) is 2.81. The number of benzene rings is 2. The van der Waals surface area contributed by atoms with E-state index in [1.165, 1.54) is 5.56 Å². The Morgan fingerprint density at radius 1 is 1.00 bits per heavy atom. The molecule has 2 aromatic carbocycles. The normalized spacial score (nSPS) is 11.2. The zero-order valence-electron chi connectivity index (χ0n) is 19.1. The summed E-state index contributed by atoms with van der Waals surface area (Å²) in [7, 11) is 0. The van der Waals surface area contributed by atoms with Crippen LogP contribution in [0.25, 0.3) is 0 Å². The number of esters is 1. The summed E-state index contributed by atoms with van der Waals surface area (Å²) in [6, 6.07) is 16.9. The Morgan fingerprint density at radius 3 is 2.42 bits per heavy atom. The number of para-hydroxylation sites is 1. The monoisotopic (exact) mass is 469 g/mol. The first kappa shape index (κ1) is 26.0. The summed E-state index contributed by atoms with van der Waals surface area (Å²) in [5.41, 5.74) is 2.10. The largest absolute Gasteiger partial charge is 0.466 e. The molecule has 7 nitrogen and oxygen atoms in total. The number of carbonyl (C=O) groups excluding carboxylic acids is 3. The van der Waals surface area contributed by atoms with Crippen LogP contribution in [-0.4, -0.2) is 35.5 Å². The van der Waals surface area contributed by atoms with Crippen LogP contribution in [0, 0.1) is 0 Å². The molecule has 176 valence electrons. The maximum Gasteiger partial charge on any atom is 0.306 e. The van der Waals surface area contributed by atoms with Crippen molar-refractivity contribution in [3.05, 3.63) is 65.7 Å². The van der Waals surface area contributed by atoms with Gasteiger partial charge in [0.25, 0.3) is 5.91 Å². The number of ether oxygens (including phenoxy) is 1. The molecule has 0 radical (unpaired) electrons. The van der Waals surface area contributed by atoms with Crippen molar-refractivity contribution in [3.8, 4) is 0 Å². The Hall–Kier alpha value is -3.26. The molecular weight excluding hydrogens is 438 g/mol. The molecule has 0 aliphatic rings. The second-order valence-corrected chi connectivity index (χ2v) is 8.05. The van der Waals surface area contributed by atoms with Gasteiger partial charge in [-0.15, -0.1) is 0 Å². The predicted molar refractivity (Wildman–Crippen MR) is 133 cm³/mol. The van der Waals surface area contributed by atoms with Crippen LogP contribution in [0.15, 0.2) is 54.6 Å². The number of carbonyl (C=O) groups is 3. The highest BCUT2D eigenvalue weighted by atomic mass is 32.1. The molecule has 1 atom stereocenters. The maximum atomic E-state index is 12.5. The molecule has 0 saturated carbocycles. The van der Waals surface area contributed by atoms with Gasteiger partial charge in [0.1, 0.15) is 0 Å². The Bertz CT molecular complexity index is 950. The molecule has 33 heavy (non-hydrogen) atoms. The number of nitrogens with one attached hydrogen (secondary N) is 3. The zero-order valence-corrected chi connectivity index (χ0v) is 19.9. The summed E-state index contributed by atoms with van der Waals surface area (Å²) in [5.74, 6) is -1.06. The van der Waals surface area contributed by atoms with Gasteiger partial charge in [-0.3, -0.25) is 14.4 Å². The van der Waals surface area contributed by atoms with Crippen molar-refractivity contribution in [2.75, 3.05) is 11.9 Å². The molecule has 2 rings (SSSR count). The molecule has 1 unspecified atom stereocenters. The number of amides is 2. The predicted octanol–water partition coefficient (Wildman–Crippen LogP) is 3.98. The maximum absolute atomic E-state index is 12.5. The second-order valence-electron chi connectivity index (χ2n) is 7.64. The van der Waals surface area contributed by atoms with E-state index in [9.17, 15) is 14.4 Å². The van der Waals surface area contributed by atoms with E-state index in [1.54, 1.807) is 24.3 Å². The number of hydrogen-bond donors (Lipinski definition) is 3. The molecular formula is C25H31N3O4S. The summed E-state index contributed by atoms with van der Waals surface area (Å²) in [5, 5.41) is 8.37. The van der Waals surface area contributed by atoms with Crippen LogP contribution in [-0.2, 0) is 20.7 Å². The summed E-state index contributed by atoms with van der Waals surface area (Å²) in [6.07, 6.45) is 2.28. The number of aryl methyl sites for hydroxylation is 1. The fraction of sp³-hybridized carbons (Fsp3) is 0.360. The van der Waals surface area contributed by atoms with Crippen LogP contribution in [0.3, 0.4) is 0 Å². The van der Waals surface area contributed by atoms with Gasteiger partial charge in [0.05, 0.1) is 24.3 Å². The van der Waals surface area contributed by atoms with Crippen molar-refractivity contribution in [2.24, 2.45) is 0 Å². The first-order valence-corrected chi connectivity index (χ1v) is 11.5. The molecule has 0 aromatic heterocycles. The van der Waals surface area contributed by atoms with Gasteiger partial charge in [-0.2, -0.15) is 0 Å². The van der Waals surface area contributed by atoms with Crippen molar-refractivity contribution < 1.29 is 19.1 Å². The Labute approximate surface area is 200 Å². The third-order valence-electron chi connectivity index (χ3n) is 4.93. The number of rotatable bonds is 11. The van der Waals surface area contributed by atoms with E-state index in [0.717, 1.165) is 19.3 Å². The van der Waals surface area contributed by atoms with Gasteiger partial charge in [-0.25, -0.2) is 0 Å². The highest BCUT2D eigenvalue weighted by Crippen LogP contribution is 2.15. The Balaban J connectivity index is 1.71. The van der Waals surface area contributed by atoms with Gasteiger partial charge in [0.15, 0.2) is 5.11 Å². The molecule has 0 aliphatic heterocycles. The first-order valence-electron chi connectivity index (χ1n) is 11.1. The fourth-order valence-electron chi connectivity index (χ4n) is 2.93. The van der Waals surface area contributed by atoms with Crippen LogP contribution in [0.2, 0.25) is 0 Å². The quantitative estimate of drug-likeness (QED) is 0.262. The Kier molecular flexibility index (Phi) is 11.0. The minimum absolute atomic E-state index is 0.0340. The molecule has 2 aromatic rings. The topological polar surface area (TPSA) is 96.5 Å². The molecule has 0 aliphatic carbocycles. The standard InChI is InChI=1S/C25H31N3O4S/c1-3-18(2)26-24(31)20-13-7-8-14-21(20)27-25(33)28-22(29)15-16-23(30)32-17-9-12-19-10-5-4-6-11-19/h4-8,10-11,13-14,18H,3,9,12,15-17H2,1-2H3,(H,26,31)(H2,27,28,29,33). The summed E-state index contributed by atoms with van der Waals surface area (Å²) in [6.45, 7) is 4.22. The van der Waals surface area contributed by atoms with E-state index in [0.29, 0.717) is 17.9 Å². The average molecular weight is 470 g/mol. The molecule has 3 N–H and O–H groups in total. The molecule has 0 spiro atoms. The van der Waals surface area contributed by atoms with E-state index in [2.05, 4.69) is 16.0 Å². The highest BCUT2D eigenvalue weighted by Gasteiger charge is 2.15. The van der Waals surface area contributed by atoms with Crippen LogP contribution in [0.4, 0.5) is 5.69 Å². The van der Waals surface area contributed by atoms with Gasteiger partial charge in [0.2, 0.25) is 5.91 Å². The lowest BCUT2D eigenvalue weighted by atomic mass is 10.1. The second kappa shape index (κ2) is 14.0. The lowest BCUT2D eigenvalue weighted by Crippen LogP contribution is -2.36. The van der Waals surface area contributed by atoms with E-state index in [-0.39, 0.29) is 29.9 Å². The van der Waals surface area contributed by atoms with Gasteiger partial charge in [-0.1, -0.05) is 49.4 Å². The minimum atomic E-state index is -0.427. The number of hydrogen-bond acceptors (Lipinski definition) is 5. The van der Waals surface area contributed by atoms with Crippen LogP contribution < -0.4 is 16.0 Å². The van der Waals surface area contributed by atoms with Crippen molar-refractivity contribution in [2.45, 2.75) is 52.0 Å². The van der Waals surface area contributed by atoms with Crippen molar-refractivity contribution in [1.82, 2.24) is 10.6 Å². The summed E-state index contributed by atoms with van der Waals surface area (Å²) < 4.78 is 5.19. The fourth-order valence-corrected chi connectivity index (χ4v) is 3.15.